The van der Waals surface area contributed by atoms with Crippen LogP contribution in [0, 0.1) is 5.92 Å². The van der Waals surface area contributed by atoms with E-state index in [2.05, 4.69) is 10.0 Å². The Morgan fingerprint density at radius 1 is 1.05 bits per heavy atom. The number of carbonyl (C=O) groups is 4. The van der Waals surface area contributed by atoms with Crippen LogP contribution >= 0.6 is 11.6 Å². The van der Waals surface area contributed by atoms with E-state index in [1.54, 1.807) is 36.1 Å². The quantitative estimate of drug-likeness (QED) is 0.402. The molecule has 4 rings (SSSR count). The number of carboxylic acids is 1. The molecule has 2 saturated heterocycles. The topological polar surface area (TPSA) is 153 Å². The van der Waals surface area contributed by atoms with Gasteiger partial charge in [-0.3, -0.25) is 19.2 Å². The molecule has 4 atom stereocenters. The maximum atomic E-state index is 13.2. The molecule has 0 aliphatic carbocycles. The number of halogens is 1. The maximum absolute atomic E-state index is 13.2. The normalized spacial score (nSPS) is 21.6. The highest BCUT2D eigenvalue weighted by Gasteiger charge is 2.41. The molecular weight excluding hydrogens is 548 g/mol. The van der Waals surface area contributed by atoms with Crippen LogP contribution in [0.2, 0.25) is 5.02 Å². The monoisotopic (exact) mass is 578 g/mol. The second-order valence-electron chi connectivity index (χ2n) is 10.0. The number of piperidine rings is 1. The van der Waals surface area contributed by atoms with Crippen molar-refractivity contribution in [2.45, 2.75) is 56.1 Å². The highest BCUT2D eigenvalue weighted by molar-refractivity contribution is 7.89. The van der Waals surface area contributed by atoms with Crippen LogP contribution in [0.1, 0.15) is 33.1 Å². The molecule has 0 spiro atoms. The highest BCUT2D eigenvalue weighted by atomic mass is 35.5. The molecule has 2 unspecified atom stereocenters. The van der Waals surface area contributed by atoms with Crippen molar-refractivity contribution < 1.29 is 32.7 Å². The lowest BCUT2D eigenvalue weighted by molar-refractivity contribution is -0.147. The lowest BCUT2D eigenvalue weighted by Crippen LogP contribution is -2.56. The number of rotatable bonds is 8. The summed E-state index contributed by atoms with van der Waals surface area (Å²) in [6.45, 7) is 3.74. The summed E-state index contributed by atoms with van der Waals surface area (Å²) in [4.78, 5) is 52.5. The number of hydrogen-bond acceptors (Lipinski definition) is 6. The zero-order valence-corrected chi connectivity index (χ0v) is 23.2. The maximum Gasteiger partial charge on any atom is 0.315 e. The molecule has 2 aromatic rings. The first-order valence-corrected chi connectivity index (χ1v) is 14.6. The van der Waals surface area contributed by atoms with E-state index >= 15 is 0 Å². The Labute approximate surface area is 231 Å². The van der Waals surface area contributed by atoms with E-state index in [1.807, 2.05) is 0 Å². The Kier molecular flexibility index (Phi) is 8.48. The average Bonchev–Trinajstić information content (AvgIpc) is 3.25. The molecule has 0 bridgehead atoms. The number of carbonyl (C=O) groups excluding carboxylic acids is 3. The number of sulfonamides is 1. The predicted octanol–water partition coefficient (Wildman–Crippen LogP) is 1.59. The minimum atomic E-state index is -4.01. The minimum absolute atomic E-state index is 0.0197. The third-order valence-corrected chi connectivity index (χ3v) is 8.99. The fourth-order valence-corrected chi connectivity index (χ4v) is 6.38. The summed E-state index contributed by atoms with van der Waals surface area (Å²) in [5.41, 5.74) is 0. The van der Waals surface area contributed by atoms with Crippen LogP contribution in [0.3, 0.4) is 0 Å². The fraction of sp³-hybridized carbons (Fsp3) is 0.462. The summed E-state index contributed by atoms with van der Waals surface area (Å²) < 4.78 is 28.6. The number of hydrogen-bond donors (Lipinski definition) is 3. The van der Waals surface area contributed by atoms with Crippen molar-refractivity contribution in [1.82, 2.24) is 19.8 Å². The number of carboxylic acid groups (broad SMARTS) is 1. The largest absolute Gasteiger partial charge is 0.481 e. The van der Waals surface area contributed by atoms with Gasteiger partial charge in [-0.25, -0.2) is 8.42 Å². The van der Waals surface area contributed by atoms with Gasteiger partial charge in [0.15, 0.2) is 0 Å². The van der Waals surface area contributed by atoms with Crippen molar-refractivity contribution >= 4 is 56.1 Å². The summed E-state index contributed by atoms with van der Waals surface area (Å²) in [6, 6.07) is 7.50. The highest BCUT2D eigenvalue weighted by Crippen LogP contribution is 2.24. The molecule has 2 aliphatic heterocycles. The van der Waals surface area contributed by atoms with E-state index in [9.17, 15) is 27.6 Å². The lowest BCUT2D eigenvalue weighted by Gasteiger charge is -2.36. The summed E-state index contributed by atoms with van der Waals surface area (Å²) in [5, 5.41) is 13.7. The molecule has 2 heterocycles. The van der Waals surface area contributed by atoms with Gasteiger partial charge in [0.1, 0.15) is 18.0 Å². The first kappa shape index (κ1) is 28.8. The lowest BCUT2D eigenvalue weighted by atomic mass is 10.0. The van der Waals surface area contributed by atoms with E-state index in [-0.39, 0.29) is 30.3 Å². The molecule has 0 saturated carbocycles. The number of aliphatic carboxylic acids is 1. The Morgan fingerprint density at radius 2 is 1.74 bits per heavy atom. The first-order valence-electron chi connectivity index (χ1n) is 12.7. The molecule has 210 valence electrons. The fourth-order valence-electron chi connectivity index (χ4n) is 4.94. The predicted molar refractivity (Wildman–Crippen MR) is 143 cm³/mol. The van der Waals surface area contributed by atoms with Crippen LogP contribution < -0.4 is 10.0 Å². The number of nitrogens with one attached hydrogen (secondary N) is 2. The van der Waals surface area contributed by atoms with E-state index in [0.717, 1.165) is 5.39 Å². The second kappa shape index (κ2) is 11.5. The number of amides is 3. The summed E-state index contributed by atoms with van der Waals surface area (Å²) in [6.07, 6.45) is 1.42. The van der Waals surface area contributed by atoms with Gasteiger partial charge in [0.25, 0.3) is 0 Å². The molecule has 13 heteroatoms. The van der Waals surface area contributed by atoms with Crippen LogP contribution in [0.4, 0.5) is 0 Å². The Bertz CT molecular complexity index is 1420. The van der Waals surface area contributed by atoms with Crippen molar-refractivity contribution in [1.29, 1.82) is 0 Å². The zero-order valence-electron chi connectivity index (χ0n) is 21.6. The van der Waals surface area contributed by atoms with Gasteiger partial charge in [-0.05, 0) is 68.1 Å². The molecule has 2 aromatic carbocycles. The molecule has 11 nitrogen and oxygen atoms in total. The van der Waals surface area contributed by atoms with Crippen molar-refractivity contribution in [2.75, 3.05) is 19.6 Å². The molecule has 2 aliphatic rings. The van der Waals surface area contributed by atoms with Crippen molar-refractivity contribution in [2.24, 2.45) is 5.92 Å². The Morgan fingerprint density at radius 3 is 2.46 bits per heavy atom. The van der Waals surface area contributed by atoms with Crippen molar-refractivity contribution in [3.63, 3.8) is 0 Å². The van der Waals surface area contributed by atoms with E-state index in [4.69, 9.17) is 16.7 Å². The third-order valence-electron chi connectivity index (χ3n) is 7.29. The van der Waals surface area contributed by atoms with Crippen LogP contribution in [0.25, 0.3) is 10.8 Å². The van der Waals surface area contributed by atoms with Crippen molar-refractivity contribution in [3.8, 4) is 0 Å². The van der Waals surface area contributed by atoms with Gasteiger partial charge < -0.3 is 20.2 Å². The molecule has 0 radical (unpaired) electrons. The van der Waals surface area contributed by atoms with Gasteiger partial charge in [-0.1, -0.05) is 23.7 Å². The Hall–Kier alpha value is -3.22. The first-order chi connectivity index (χ1) is 18.4. The number of benzene rings is 2. The van der Waals surface area contributed by atoms with Gasteiger partial charge >= 0.3 is 5.97 Å². The second-order valence-corrected chi connectivity index (χ2v) is 12.2. The van der Waals surface area contributed by atoms with Crippen LogP contribution in [-0.2, 0) is 29.2 Å². The average molecular weight is 579 g/mol. The SMILES string of the molecule is CC(C(=O)O)C(=O)NC1CCCN(C(=O)[C@H](C)N2CC[C@H](NS(=O)(=O)c3ccc4cc(Cl)ccc4c3)C2=O)C1. The van der Waals surface area contributed by atoms with Crippen LogP contribution in [-0.4, -0.2) is 84.8 Å². The zero-order chi connectivity index (χ0) is 28.5. The molecule has 39 heavy (non-hydrogen) atoms. The van der Waals surface area contributed by atoms with Gasteiger partial charge in [-0.15, -0.1) is 0 Å². The molecule has 3 amide bonds. The van der Waals surface area contributed by atoms with E-state index < -0.39 is 51.9 Å². The summed E-state index contributed by atoms with van der Waals surface area (Å²) in [5.74, 6) is -3.84. The molecular formula is C26H31ClN4O7S. The van der Waals surface area contributed by atoms with Crippen molar-refractivity contribution in [3.05, 3.63) is 41.4 Å². The third kappa shape index (κ3) is 6.34. The standard InChI is InChI=1S/C26H31ClN4O7S/c1-15(26(35)36)23(32)28-20-4-3-10-30(14-20)24(33)16(2)31-11-9-22(25(31)34)29-39(37,38)21-8-6-17-12-19(27)7-5-18(17)13-21/h5-8,12-13,15-16,20,22,29H,3-4,9-11,14H2,1-2H3,(H,28,32)(H,35,36)/t15?,16-,20?,22-/m0/s1. The van der Waals surface area contributed by atoms with Crippen LogP contribution in [0.5, 0.6) is 0 Å². The molecule has 3 N–H and O–H groups in total. The van der Waals surface area contributed by atoms with Gasteiger partial charge in [0, 0.05) is 30.7 Å². The minimum Gasteiger partial charge on any atom is -0.481 e. The van der Waals surface area contributed by atoms with Gasteiger partial charge in [0.2, 0.25) is 27.7 Å². The Balaban J connectivity index is 1.38. The number of fused-ring (bicyclic) bond motifs is 1. The van der Waals surface area contributed by atoms with Gasteiger partial charge in [0.05, 0.1) is 4.90 Å². The van der Waals surface area contributed by atoms with E-state index in [1.165, 1.54) is 24.0 Å². The van der Waals surface area contributed by atoms with Gasteiger partial charge in [-0.2, -0.15) is 4.72 Å². The van der Waals surface area contributed by atoms with E-state index in [0.29, 0.717) is 29.8 Å². The number of nitrogens with zero attached hydrogens (tertiary/aromatic N) is 2. The summed E-state index contributed by atoms with van der Waals surface area (Å²) in [7, 11) is -4.01. The number of likely N-dealkylation sites (tertiary alicyclic amines) is 2. The molecule has 2 fully saturated rings. The summed E-state index contributed by atoms with van der Waals surface area (Å²) >= 11 is 6.00. The molecule has 0 aromatic heterocycles. The van der Waals surface area contributed by atoms with Crippen LogP contribution in [0.15, 0.2) is 41.3 Å². The smallest absolute Gasteiger partial charge is 0.315 e.